The van der Waals surface area contributed by atoms with Crippen molar-refractivity contribution in [1.29, 1.82) is 0 Å². The maximum Gasteiger partial charge on any atom is 0.270 e. The van der Waals surface area contributed by atoms with E-state index in [1.807, 2.05) is 25.3 Å². The molecule has 0 aliphatic carbocycles. The summed E-state index contributed by atoms with van der Waals surface area (Å²) in [4.78, 5) is 15.2. The topological polar surface area (TPSA) is 25.2 Å². The molecule has 0 atom stereocenters. The Balaban J connectivity index is 1.78. The molecule has 0 radical (unpaired) electrons. The molecule has 26 heavy (non-hydrogen) atoms. The lowest BCUT2D eigenvalue weighted by Crippen LogP contribution is -2.27. The number of hydrogen-bond donors (Lipinski definition) is 0. The van der Waals surface area contributed by atoms with E-state index in [1.54, 1.807) is 29.2 Å². The van der Waals surface area contributed by atoms with Crippen LogP contribution in [0.4, 0.5) is 5.69 Å². The third kappa shape index (κ3) is 2.76. The Bertz CT molecular complexity index is 1080. The first-order valence-corrected chi connectivity index (χ1v) is 9.65. The lowest BCUT2D eigenvalue weighted by atomic mass is 10.1. The van der Waals surface area contributed by atoms with Crippen LogP contribution < -0.4 is 4.90 Å². The molecular weight excluding hydrogens is 384 g/mol. The molecule has 0 N–H and O–H groups in total. The molecule has 3 aromatic rings. The van der Waals surface area contributed by atoms with Crippen molar-refractivity contribution in [1.82, 2.24) is 4.57 Å². The highest BCUT2D eigenvalue weighted by molar-refractivity contribution is 8.27. The van der Waals surface area contributed by atoms with Gasteiger partial charge in [-0.05, 0) is 43.3 Å². The molecule has 0 spiro atoms. The molecule has 1 amide bonds. The minimum absolute atomic E-state index is 0.102. The van der Waals surface area contributed by atoms with Crippen LogP contribution in [0.1, 0.15) is 11.3 Å². The first-order chi connectivity index (χ1) is 12.5. The van der Waals surface area contributed by atoms with Gasteiger partial charge in [-0.1, -0.05) is 53.8 Å². The van der Waals surface area contributed by atoms with Crippen LogP contribution in [0.5, 0.6) is 0 Å². The molecule has 130 valence electrons. The highest BCUT2D eigenvalue weighted by atomic mass is 35.5. The first-order valence-electron chi connectivity index (χ1n) is 8.05. The molecule has 1 aliphatic rings. The van der Waals surface area contributed by atoms with Crippen LogP contribution in [-0.2, 0) is 11.8 Å². The van der Waals surface area contributed by atoms with Crippen LogP contribution in [0, 0.1) is 6.92 Å². The average molecular weight is 399 g/mol. The van der Waals surface area contributed by atoms with Gasteiger partial charge in [0.15, 0.2) is 4.32 Å². The molecule has 2 aromatic carbocycles. The number of rotatable bonds is 2. The number of carbonyl (C=O) groups is 1. The Morgan fingerprint density at radius 1 is 1.12 bits per heavy atom. The number of aromatic nitrogens is 1. The predicted molar refractivity (Wildman–Crippen MR) is 115 cm³/mol. The van der Waals surface area contributed by atoms with Crippen LogP contribution in [0.2, 0.25) is 5.02 Å². The highest BCUT2D eigenvalue weighted by Crippen LogP contribution is 2.38. The van der Waals surface area contributed by atoms with Gasteiger partial charge in [-0.15, -0.1) is 0 Å². The SMILES string of the molecule is Cc1c(/C=C2/SC(=S)N(c3ccc(Cl)cc3)C2=O)c2ccccc2n1C. The van der Waals surface area contributed by atoms with Crippen molar-refractivity contribution >= 4 is 68.5 Å². The Morgan fingerprint density at radius 3 is 2.54 bits per heavy atom. The maximum absolute atomic E-state index is 13.0. The zero-order valence-corrected chi connectivity index (χ0v) is 16.6. The molecule has 0 saturated carbocycles. The number of para-hydroxylation sites is 1. The van der Waals surface area contributed by atoms with E-state index in [0.717, 1.165) is 27.8 Å². The zero-order valence-electron chi connectivity index (χ0n) is 14.2. The number of aryl methyl sites for hydroxylation is 1. The average Bonchev–Trinajstić information content (AvgIpc) is 3.05. The van der Waals surface area contributed by atoms with E-state index in [4.69, 9.17) is 23.8 Å². The zero-order chi connectivity index (χ0) is 18.4. The van der Waals surface area contributed by atoms with Gasteiger partial charge in [0.2, 0.25) is 0 Å². The molecule has 4 rings (SSSR count). The van der Waals surface area contributed by atoms with Crippen LogP contribution in [-0.4, -0.2) is 14.8 Å². The molecule has 1 aromatic heterocycles. The Morgan fingerprint density at radius 2 is 1.81 bits per heavy atom. The van der Waals surface area contributed by atoms with Gasteiger partial charge in [-0.25, -0.2) is 0 Å². The van der Waals surface area contributed by atoms with Crippen molar-refractivity contribution in [3.63, 3.8) is 0 Å². The monoisotopic (exact) mass is 398 g/mol. The summed E-state index contributed by atoms with van der Waals surface area (Å²) in [7, 11) is 2.04. The number of hydrogen-bond acceptors (Lipinski definition) is 3. The third-order valence-corrected chi connectivity index (χ3v) is 6.16. The molecule has 6 heteroatoms. The predicted octanol–water partition coefficient (Wildman–Crippen LogP) is 5.55. The van der Waals surface area contributed by atoms with Crippen molar-refractivity contribution in [2.24, 2.45) is 7.05 Å². The van der Waals surface area contributed by atoms with Crippen molar-refractivity contribution in [3.05, 3.63) is 69.7 Å². The summed E-state index contributed by atoms with van der Waals surface area (Å²) >= 11 is 12.7. The smallest absolute Gasteiger partial charge is 0.270 e. The number of anilines is 1. The fourth-order valence-corrected chi connectivity index (χ4v) is 4.55. The fraction of sp³-hybridized carbons (Fsp3) is 0.100. The minimum atomic E-state index is -0.102. The number of nitrogens with zero attached hydrogens (tertiary/aromatic N) is 2. The van der Waals surface area contributed by atoms with E-state index in [2.05, 4.69) is 23.6 Å². The van der Waals surface area contributed by atoms with Gasteiger partial charge in [0.25, 0.3) is 5.91 Å². The number of halogens is 1. The number of amides is 1. The van der Waals surface area contributed by atoms with Crippen LogP contribution >= 0.6 is 35.6 Å². The molecule has 0 bridgehead atoms. The first kappa shape index (κ1) is 17.3. The van der Waals surface area contributed by atoms with Gasteiger partial charge >= 0.3 is 0 Å². The van der Waals surface area contributed by atoms with Gasteiger partial charge in [0.1, 0.15) is 0 Å². The normalized spacial score (nSPS) is 16.3. The lowest BCUT2D eigenvalue weighted by Gasteiger charge is -2.14. The lowest BCUT2D eigenvalue weighted by molar-refractivity contribution is -0.113. The quantitative estimate of drug-likeness (QED) is 0.418. The van der Waals surface area contributed by atoms with E-state index in [-0.39, 0.29) is 5.91 Å². The van der Waals surface area contributed by atoms with Gasteiger partial charge in [0, 0.05) is 34.2 Å². The Hall–Kier alpha value is -2.08. The molecule has 3 nitrogen and oxygen atoms in total. The highest BCUT2D eigenvalue weighted by Gasteiger charge is 2.33. The molecule has 1 fully saturated rings. The number of thiocarbonyl (C=S) groups is 1. The van der Waals surface area contributed by atoms with E-state index >= 15 is 0 Å². The molecule has 1 aliphatic heterocycles. The summed E-state index contributed by atoms with van der Waals surface area (Å²) in [5.41, 5.74) is 4.04. The van der Waals surface area contributed by atoms with Gasteiger partial charge in [-0.3, -0.25) is 9.69 Å². The van der Waals surface area contributed by atoms with E-state index in [9.17, 15) is 4.79 Å². The van der Waals surface area contributed by atoms with Gasteiger partial charge < -0.3 is 4.57 Å². The summed E-state index contributed by atoms with van der Waals surface area (Å²) in [5, 5.41) is 1.75. The second-order valence-electron chi connectivity index (χ2n) is 6.07. The molecule has 2 heterocycles. The largest absolute Gasteiger partial charge is 0.347 e. The summed E-state index contributed by atoms with van der Waals surface area (Å²) < 4.78 is 2.67. The van der Waals surface area contributed by atoms with Crippen LogP contribution in [0.25, 0.3) is 17.0 Å². The molecular formula is C20H15ClN2OS2. The number of thioether (sulfide) groups is 1. The van der Waals surface area contributed by atoms with Crippen LogP contribution in [0.15, 0.2) is 53.4 Å². The summed E-state index contributed by atoms with van der Waals surface area (Å²) in [6, 6.07) is 15.3. The second-order valence-corrected chi connectivity index (χ2v) is 8.18. The number of benzene rings is 2. The number of carbonyl (C=O) groups excluding carboxylic acids is 1. The summed E-state index contributed by atoms with van der Waals surface area (Å²) in [5.74, 6) is -0.102. The minimum Gasteiger partial charge on any atom is -0.347 e. The van der Waals surface area contributed by atoms with Crippen molar-refractivity contribution < 1.29 is 4.79 Å². The maximum atomic E-state index is 13.0. The van der Waals surface area contributed by atoms with Gasteiger partial charge in [-0.2, -0.15) is 0 Å². The van der Waals surface area contributed by atoms with E-state index in [1.165, 1.54) is 11.8 Å². The molecule has 1 saturated heterocycles. The Kier molecular flexibility index (Phi) is 4.39. The van der Waals surface area contributed by atoms with E-state index in [0.29, 0.717) is 14.2 Å². The van der Waals surface area contributed by atoms with E-state index < -0.39 is 0 Å². The van der Waals surface area contributed by atoms with Crippen molar-refractivity contribution in [3.8, 4) is 0 Å². The van der Waals surface area contributed by atoms with Crippen LogP contribution in [0.3, 0.4) is 0 Å². The van der Waals surface area contributed by atoms with Gasteiger partial charge in [0.05, 0.1) is 10.6 Å². The summed E-state index contributed by atoms with van der Waals surface area (Å²) in [6.07, 6.45) is 1.95. The third-order valence-electron chi connectivity index (χ3n) is 4.60. The summed E-state index contributed by atoms with van der Waals surface area (Å²) in [6.45, 7) is 2.06. The Labute approximate surface area is 166 Å². The second kappa shape index (κ2) is 6.58. The number of fused-ring (bicyclic) bond motifs is 1. The fourth-order valence-electron chi connectivity index (χ4n) is 3.14. The van der Waals surface area contributed by atoms with Crippen molar-refractivity contribution in [2.45, 2.75) is 6.92 Å². The molecule has 0 unspecified atom stereocenters. The van der Waals surface area contributed by atoms with Crippen molar-refractivity contribution in [2.75, 3.05) is 4.90 Å². The standard InChI is InChI=1S/C20H15ClN2OS2/c1-12-16(15-5-3-4-6-17(15)22(12)2)11-18-19(24)23(20(25)26-18)14-9-7-13(21)8-10-14/h3-11H,1-2H3/b18-11+.